The van der Waals surface area contributed by atoms with Gasteiger partial charge in [0.15, 0.2) is 0 Å². The standard InChI is InChI=1S/C14H17NO/c15-11-10-14(9-5-4-8-13(14)16)12-6-2-1-3-7-12/h1-3,6-7,13,16H,4-5,8-10H2/t13-,14+/m0/s1. The number of benzene rings is 1. The molecule has 0 aromatic heterocycles. The number of nitriles is 1. The van der Waals surface area contributed by atoms with Crippen LogP contribution in [0.5, 0.6) is 0 Å². The lowest BCUT2D eigenvalue weighted by atomic mass is 9.66. The maximum absolute atomic E-state index is 10.3. The first kappa shape index (κ1) is 11.2. The molecule has 0 bridgehead atoms. The molecule has 1 aromatic carbocycles. The van der Waals surface area contributed by atoms with Crippen LogP contribution in [0.4, 0.5) is 0 Å². The number of hydrogen-bond donors (Lipinski definition) is 1. The van der Waals surface area contributed by atoms with Crippen molar-refractivity contribution in [1.29, 1.82) is 5.26 Å². The number of nitrogens with zero attached hydrogens (tertiary/aromatic N) is 1. The molecule has 0 heterocycles. The predicted molar refractivity (Wildman–Crippen MR) is 62.8 cm³/mol. The van der Waals surface area contributed by atoms with Crippen molar-refractivity contribution in [3.63, 3.8) is 0 Å². The molecule has 2 rings (SSSR count). The van der Waals surface area contributed by atoms with Gasteiger partial charge in [0.2, 0.25) is 0 Å². The molecule has 2 atom stereocenters. The highest BCUT2D eigenvalue weighted by Crippen LogP contribution is 2.42. The van der Waals surface area contributed by atoms with E-state index >= 15 is 0 Å². The van der Waals surface area contributed by atoms with Crippen molar-refractivity contribution in [3.05, 3.63) is 35.9 Å². The van der Waals surface area contributed by atoms with E-state index in [0.29, 0.717) is 6.42 Å². The first-order chi connectivity index (χ1) is 7.79. The summed E-state index contributed by atoms with van der Waals surface area (Å²) in [7, 11) is 0. The van der Waals surface area contributed by atoms with Gasteiger partial charge in [-0.25, -0.2) is 0 Å². The van der Waals surface area contributed by atoms with E-state index in [9.17, 15) is 5.11 Å². The highest BCUT2D eigenvalue weighted by Gasteiger charge is 2.41. The van der Waals surface area contributed by atoms with Gasteiger partial charge in [-0.15, -0.1) is 0 Å². The average Bonchev–Trinajstić information content (AvgIpc) is 2.34. The minimum atomic E-state index is -0.372. The van der Waals surface area contributed by atoms with Gasteiger partial charge in [0.1, 0.15) is 0 Å². The molecule has 16 heavy (non-hydrogen) atoms. The van der Waals surface area contributed by atoms with Gasteiger partial charge in [0, 0.05) is 11.8 Å². The van der Waals surface area contributed by atoms with Crippen molar-refractivity contribution < 1.29 is 5.11 Å². The molecule has 0 saturated heterocycles. The fourth-order valence-corrected chi connectivity index (χ4v) is 2.78. The second-order valence-corrected chi connectivity index (χ2v) is 4.62. The zero-order valence-electron chi connectivity index (χ0n) is 9.39. The van der Waals surface area contributed by atoms with Crippen LogP contribution < -0.4 is 0 Å². The minimum absolute atomic E-state index is 0.325. The summed E-state index contributed by atoms with van der Waals surface area (Å²) in [6.07, 6.45) is 3.96. The SMILES string of the molecule is N#CC[C@@]1(c2ccccc2)CCCC[C@@H]1O. The van der Waals surface area contributed by atoms with Crippen LogP contribution in [-0.2, 0) is 5.41 Å². The van der Waals surface area contributed by atoms with Gasteiger partial charge in [0.25, 0.3) is 0 Å². The summed E-state index contributed by atoms with van der Waals surface area (Å²) in [5, 5.41) is 19.3. The van der Waals surface area contributed by atoms with E-state index in [0.717, 1.165) is 31.2 Å². The summed E-state index contributed by atoms with van der Waals surface area (Å²) >= 11 is 0. The molecule has 0 unspecified atom stereocenters. The quantitative estimate of drug-likeness (QED) is 0.824. The Hall–Kier alpha value is -1.33. The topological polar surface area (TPSA) is 44.0 Å². The van der Waals surface area contributed by atoms with Gasteiger partial charge in [-0.05, 0) is 18.4 Å². The average molecular weight is 215 g/mol. The predicted octanol–water partition coefficient (Wildman–Crippen LogP) is 2.77. The van der Waals surface area contributed by atoms with E-state index in [-0.39, 0.29) is 11.5 Å². The van der Waals surface area contributed by atoms with Crippen molar-refractivity contribution in [1.82, 2.24) is 0 Å². The first-order valence-corrected chi connectivity index (χ1v) is 5.90. The maximum atomic E-state index is 10.3. The largest absolute Gasteiger partial charge is 0.392 e. The van der Waals surface area contributed by atoms with Crippen LogP contribution in [-0.4, -0.2) is 11.2 Å². The number of aliphatic hydroxyl groups excluding tert-OH is 1. The molecule has 0 radical (unpaired) electrons. The lowest BCUT2D eigenvalue weighted by Gasteiger charge is -2.40. The van der Waals surface area contributed by atoms with Crippen LogP contribution >= 0.6 is 0 Å². The normalized spacial score (nSPS) is 29.6. The molecule has 2 heteroatoms. The Morgan fingerprint density at radius 3 is 2.69 bits per heavy atom. The highest BCUT2D eigenvalue weighted by molar-refractivity contribution is 5.29. The lowest BCUT2D eigenvalue weighted by molar-refractivity contribution is 0.0439. The third-order valence-corrected chi connectivity index (χ3v) is 3.73. The Morgan fingerprint density at radius 1 is 1.31 bits per heavy atom. The van der Waals surface area contributed by atoms with Crippen LogP contribution in [0, 0.1) is 11.3 Å². The molecule has 1 aromatic rings. The number of aliphatic hydroxyl groups is 1. The van der Waals surface area contributed by atoms with Gasteiger partial charge in [-0.1, -0.05) is 43.2 Å². The van der Waals surface area contributed by atoms with Crippen molar-refractivity contribution in [2.45, 2.75) is 43.6 Å². The molecule has 1 N–H and O–H groups in total. The third kappa shape index (κ3) is 1.83. The Morgan fingerprint density at radius 2 is 2.06 bits per heavy atom. The molecular formula is C14H17NO. The zero-order chi connectivity index (χ0) is 11.4. The van der Waals surface area contributed by atoms with Gasteiger partial charge in [0.05, 0.1) is 12.2 Å². The van der Waals surface area contributed by atoms with Crippen LogP contribution in [0.15, 0.2) is 30.3 Å². The van der Waals surface area contributed by atoms with Crippen LogP contribution in [0.1, 0.15) is 37.7 Å². The molecule has 2 nitrogen and oxygen atoms in total. The third-order valence-electron chi connectivity index (χ3n) is 3.73. The minimum Gasteiger partial charge on any atom is -0.392 e. The first-order valence-electron chi connectivity index (χ1n) is 5.90. The summed E-state index contributed by atoms with van der Waals surface area (Å²) in [5.74, 6) is 0. The van der Waals surface area contributed by atoms with Gasteiger partial charge in [-0.2, -0.15) is 5.26 Å². The Bertz CT molecular complexity index is 381. The second-order valence-electron chi connectivity index (χ2n) is 4.62. The fraction of sp³-hybridized carbons (Fsp3) is 0.500. The Kier molecular flexibility index (Phi) is 3.26. The summed E-state index contributed by atoms with van der Waals surface area (Å²) in [4.78, 5) is 0. The maximum Gasteiger partial charge on any atom is 0.0646 e. The van der Waals surface area contributed by atoms with Gasteiger partial charge >= 0.3 is 0 Å². The van der Waals surface area contributed by atoms with Gasteiger partial charge < -0.3 is 5.11 Å². The van der Waals surface area contributed by atoms with E-state index in [1.807, 2.05) is 30.3 Å². The Balaban J connectivity index is 2.39. The molecule has 84 valence electrons. The van der Waals surface area contributed by atoms with Crippen LogP contribution in [0.25, 0.3) is 0 Å². The van der Waals surface area contributed by atoms with E-state index < -0.39 is 0 Å². The molecule has 0 amide bonds. The van der Waals surface area contributed by atoms with Crippen molar-refractivity contribution in [2.24, 2.45) is 0 Å². The summed E-state index contributed by atoms with van der Waals surface area (Å²) in [6, 6.07) is 12.2. The van der Waals surface area contributed by atoms with Crippen LogP contribution in [0.3, 0.4) is 0 Å². The highest BCUT2D eigenvalue weighted by atomic mass is 16.3. The molecule has 1 saturated carbocycles. The summed E-state index contributed by atoms with van der Waals surface area (Å²) in [6.45, 7) is 0. The molecule has 1 aliphatic rings. The number of hydrogen-bond acceptors (Lipinski definition) is 2. The zero-order valence-corrected chi connectivity index (χ0v) is 9.39. The summed E-state index contributed by atoms with van der Waals surface area (Å²) in [5.41, 5.74) is 0.789. The second kappa shape index (κ2) is 4.67. The lowest BCUT2D eigenvalue weighted by Crippen LogP contribution is -2.42. The van der Waals surface area contributed by atoms with E-state index in [1.165, 1.54) is 0 Å². The molecule has 1 aliphatic carbocycles. The van der Waals surface area contributed by atoms with E-state index in [1.54, 1.807) is 0 Å². The Labute approximate surface area is 96.5 Å². The van der Waals surface area contributed by atoms with E-state index in [4.69, 9.17) is 5.26 Å². The smallest absolute Gasteiger partial charge is 0.0646 e. The molecule has 0 spiro atoms. The van der Waals surface area contributed by atoms with E-state index in [2.05, 4.69) is 6.07 Å². The number of rotatable bonds is 2. The van der Waals surface area contributed by atoms with Gasteiger partial charge in [-0.3, -0.25) is 0 Å². The van der Waals surface area contributed by atoms with Crippen molar-refractivity contribution in [2.75, 3.05) is 0 Å². The molecule has 1 fully saturated rings. The van der Waals surface area contributed by atoms with Crippen molar-refractivity contribution >= 4 is 0 Å². The monoisotopic (exact) mass is 215 g/mol. The van der Waals surface area contributed by atoms with Crippen LogP contribution in [0.2, 0.25) is 0 Å². The fourth-order valence-electron chi connectivity index (χ4n) is 2.78. The molecular weight excluding hydrogens is 198 g/mol. The van der Waals surface area contributed by atoms with Crippen molar-refractivity contribution in [3.8, 4) is 6.07 Å². The molecule has 0 aliphatic heterocycles. The summed E-state index contributed by atoms with van der Waals surface area (Å²) < 4.78 is 0.